The van der Waals surface area contributed by atoms with Crippen LogP contribution in [0.3, 0.4) is 0 Å². The predicted molar refractivity (Wildman–Crippen MR) is 88.7 cm³/mol. The van der Waals surface area contributed by atoms with Crippen molar-refractivity contribution in [2.45, 2.75) is 18.6 Å². The van der Waals surface area contributed by atoms with Crippen molar-refractivity contribution < 1.29 is 9.50 Å². The minimum atomic E-state index is -0.694. The van der Waals surface area contributed by atoms with Crippen molar-refractivity contribution in [3.05, 3.63) is 62.0 Å². The summed E-state index contributed by atoms with van der Waals surface area (Å²) in [6, 6.07) is 7.31. The first-order chi connectivity index (χ1) is 11.8. The number of aliphatic hydroxyl groups excluding tert-OH is 1. The molecule has 0 amide bonds. The number of hydrogen-bond acceptors (Lipinski definition) is 5. The molecular formula is C17H17FN4O3. The first-order valence-corrected chi connectivity index (χ1v) is 7.75. The van der Waals surface area contributed by atoms with Crippen molar-refractivity contribution in [3.63, 3.8) is 0 Å². The van der Waals surface area contributed by atoms with E-state index >= 15 is 0 Å². The lowest BCUT2D eigenvalue weighted by Crippen LogP contribution is -2.42. The Morgan fingerprint density at radius 3 is 2.44 bits per heavy atom. The summed E-state index contributed by atoms with van der Waals surface area (Å²) < 4.78 is 15.3. The number of aromatic nitrogens is 2. The van der Waals surface area contributed by atoms with Gasteiger partial charge in [0.1, 0.15) is 17.7 Å². The maximum absolute atomic E-state index is 13.2. The number of benzene rings is 1. The van der Waals surface area contributed by atoms with Crippen LogP contribution < -0.4 is 16.1 Å². The molecule has 2 atom stereocenters. The minimum Gasteiger partial charge on any atom is -0.391 e. The molecule has 0 aliphatic carbocycles. The van der Waals surface area contributed by atoms with E-state index in [1.165, 1.54) is 30.8 Å². The number of anilines is 1. The Balaban J connectivity index is 2.21. The highest BCUT2D eigenvalue weighted by atomic mass is 19.1. The summed E-state index contributed by atoms with van der Waals surface area (Å²) in [5.74, 6) is -0.214. The quantitative estimate of drug-likeness (QED) is 0.852. The summed E-state index contributed by atoms with van der Waals surface area (Å²) in [6.45, 7) is 0.164. The largest absolute Gasteiger partial charge is 0.391 e. The number of hydrogen-bond donors (Lipinski definition) is 1. The number of rotatable bonds is 2. The molecule has 0 unspecified atom stereocenters. The van der Waals surface area contributed by atoms with E-state index in [1.54, 1.807) is 17.0 Å². The van der Waals surface area contributed by atoms with Gasteiger partial charge in [0.05, 0.1) is 12.1 Å². The molecule has 7 nitrogen and oxygen atoms in total. The fourth-order valence-electron chi connectivity index (χ4n) is 3.32. The van der Waals surface area contributed by atoms with Gasteiger partial charge < -0.3 is 10.0 Å². The molecule has 0 bridgehead atoms. The number of aliphatic hydroxyl groups is 1. The summed E-state index contributed by atoms with van der Waals surface area (Å²) in [6.07, 6.45) is -0.347. The summed E-state index contributed by atoms with van der Waals surface area (Å²) in [5, 5.41) is 19.6. The Bertz CT molecular complexity index is 972. The smallest absolute Gasteiger partial charge is 0.332 e. The molecule has 1 saturated heterocycles. The van der Waals surface area contributed by atoms with Crippen LogP contribution in [0.25, 0.3) is 0 Å². The van der Waals surface area contributed by atoms with Crippen LogP contribution in [-0.2, 0) is 14.1 Å². The zero-order chi connectivity index (χ0) is 18.3. The maximum Gasteiger partial charge on any atom is 0.332 e. The SMILES string of the molecule is Cn1c(N2C[C@@H](O)C[C@H]2c2ccc(F)cc2)c(C#N)c(=O)n(C)c1=O. The third kappa shape index (κ3) is 2.72. The summed E-state index contributed by atoms with van der Waals surface area (Å²) in [5.41, 5.74) is -0.668. The molecule has 2 heterocycles. The molecule has 3 rings (SSSR count). The number of β-amino-alcohol motifs (C(OH)–C–C–N with tert-alkyl or cyclic N) is 1. The van der Waals surface area contributed by atoms with Crippen molar-refractivity contribution in [1.82, 2.24) is 9.13 Å². The van der Waals surface area contributed by atoms with Crippen molar-refractivity contribution in [2.75, 3.05) is 11.4 Å². The molecule has 1 aliphatic heterocycles. The zero-order valence-electron chi connectivity index (χ0n) is 13.8. The molecule has 1 aromatic heterocycles. The Hall–Kier alpha value is -2.92. The summed E-state index contributed by atoms with van der Waals surface area (Å²) >= 11 is 0. The Labute approximate surface area is 142 Å². The highest BCUT2D eigenvalue weighted by molar-refractivity contribution is 5.56. The third-order valence-electron chi connectivity index (χ3n) is 4.55. The van der Waals surface area contributed by atoms with E-state index in [1.807, 2.05) is 6.07 Å². The fourth-order valence-corrected chi connectivity index (χ4v) is 3.32. The van der Waals surface area contributed by atoms with Gasteiger partial charge in [0, 0.05) is 20.6 Å². The molecule has 25 heavy (non-hydrogen) atoms. The second kappa shape index (κ2) is 6.18. The van der Waals surface area contributed by atoms with E-state index in [2.05, 4.69) is 0 Å². The van der Waals surface area contributed by atoms with Crippen molar-refractivity contribution in [2.24, 2.45) is 14.1 Å². The summed E-state index contributed by atoms with van der Waals surface area (Å²) in [7, 11) is 2.79. The van der Waals surface area contributed by atoms with E-state index in [-0.39, 0.29) is 29.8 Å². The second-order valence-corrected chi connectivity index (χ2v) is 6.13. The molecule has 130 valence electrons. The van der Waals surface area contributed by atoms with Crippen LogP contribution in [0, 0.1) is 17.1 Å². The molecule has 1 fully saturated rings. The Kier molecular flexibility index (Phi) is 4.18. The highest BCUT2D eigenvalue weighted by Crippen LogP contribution is 2.36. The molecule has 1 aromatic carbocycles. The molecule has 8 heteroatoms. The molecular weight excluding hydrogens is 327 g/mol. The van der Waals surface area contributed by atoms with Crippen molar-refractivity contribution in [3.8, 4) is 6.07 Å². The molecule has 1 N–H and O–H groups in total. The fraction of sp³-hybridized carbons (Fsp3) is 0.353. The number of nitrogens with zero attached hydrogens (tertiary/aromatic N) is 4. The molecule has 0 saturated carbocycles. The summed E-state index contributed by atoms with van der Waals surface area (Å²) in [4.78, 5) is 26.3. The van der Waals surface area contributed by atoms with Gasteiger partial charge in [-0.05, 0) is 24.1 Å². The average molecular weight is 344 g/mol. The predicted octanol–water partition coefficient (Wildman–Crippen LogP) is 0.407. The van der Waals surface area contributed by atoms with Crippen LogP contribution >= 0.6 is 0 Å². The minimum absolute atomic E-state index is 0.161. The topological polar surface area (TPSA) is 91.3 Å². The molecule has 2 aromatic rings. The van der Waals surface area contributed by atoms with Gasteiger partial charge in [0.2, 0.25) is 0 Å². The van der Waals surface area contributed by atoms with Gasteiger partial charge in [-0.2, -0.15) is 5.26 Å². The first-order valence-electron chi connectivity index (χ1n) is 7.75. The number of halogens is 1. The van der Waals surface area contributed by atoms with Crippen LogP contribution in [0.15, 0.2) is 33.9 Å². The standard InChI is InChI=1S/C17H17FN4O3/c1-20-15(13(8-19)16(24)21(2)17(20)25)22-9-12(23)7-14(22)10-3-5-11(18)6-4-10/h3-6,12,14,23H,7,9H2,1-2H3/t12-,14-/m0/s1. The van der Waals surface area contributed by atoms with Gasteiger partial charge in [0.25, 0.3) is 5.56 Å². The lowest BCUT2D eigenvalue weighted by molar-refractivity contribution is 0.194. The Morgan fingerprint density at radius 1 is 1.20 bits per heavy atom. The molecule has 1 aliphatic rings. The van der Waals surface area contributed by atoms with Crippen LogP contribution in [0.2, 0.25) is 0 Å². The lowest BCUT2D eigenvalue weighted by Gasteiger charge is -2.29. The van der Waals surface area contributed by atoms with Crippen LogP contribution in [0.4, 0.5) is 10.2 Å². The lowest BCUT2D eigenvalue weighted by atomic mass is 10.0. The maximum atomic E-state index is 13.2. The van der Waals surface area contributed by atoms with E-state index < -0.39 is 17.4 Å². The van der Waals surface area contributed by atoms with Gasteiger partial charge in [-0.15, -0.1) is 0 Å². The Morgan fingerprint density at radius 2 is 1.84 bits per heavy atom. The van der Waals surface area contributed by atoms with Crippen LogP contribution in [0.1, 0.15) is 23.6 Å². The van der Waals surface area contributed by atoms with E-state index in [0.717, 1.165) is 10.1 Å². The van der Waals surface area contributed by atoms with Gasteiger partial charge in [-0.1, -0.05) is 12.1 Å². The van der Waals surface area contributed by atoms with Crippen LogP contribution in [0.5, 0.6) is 0 Å². The van der Waals surface area contributed by atoms with E-state index in [0.29, 0.717) is 6.42 Å². The first kappa shape index (κ1) is 16.9. The molecule has 0 radical (unpaired) electrons. The van der Waals surface area contributed by atoms with Gasteiger partial charge in [-0.25, -0.2) is 9.18 Å². The normalized spacial score (nSPS) is 19.9. The van der Waals surface area contributed by atoms with Crippen molar-refractivity contribution >= 4 is 5.82 Å². The third-order valence-corrected chi connectivity index (χ3v) is 4.55. The van der Waals surface area contributed by atoms with E-state index in [4.69, 9.17) is 0 Å². The average Bonchev–Trinajstić information content (AvgIpc) is 2.98. The molecule has 0 spiro atoms. The monoisotopic (exact) mass is 344 g/mol. The highest BCUT2D eigenvalue weighted by Gasteiger charge is 2.36. The van der Waals surface area contributed by atoms with Crippen LogP contribution in [-0.4, -0.2) is 26.9 Å². The zero-order valence-corrected chi connectivity index (χ0v) is 13.8. The van der Waals surface area contributed by atoms with Gasteiger partial charge in [0.15, 0.2) is 5.56 Å². The second-order valence-electron chi connectivity index (χ2n) is 6.13. The van der Waals surface area contributed by atoms with Gasteiger partial charge in [-0.3, -0.25) is 13.9 Å². The van der Waals surface area contributed by atoms with Crippen molar-refractivity contribution in [1.29, 1.82) is 5.26 Å². The van der Waals surface area contributed by atoms with Gasteiger partial charge >= 0.3 is 5.69 Å². The number of nitriles is 1. The van der Waals surface area contributed by atoms with E-state index in [9.17, 15) is 24.3 Å².